The van der Waals surface area contributed by atoms with Gasteiger partial charge in [-0.25, -0.2) is 4.57 Å². The Morgan fingerprint density at radius 2 is 1.59 bits per heavy atom. The second-order valence-corrected chi connectivity index (χ2v) is 10.7. The van der Waals surface area contributed by atoms with Gasteiger partial charge in [-0.05, 0) is 49.9 Å². The number of likely N-dealkylation sites (N-methyl/N-ethyl adjacent to an activating group) is 1. The van der Waals surface area contributed by atoms with E-state index in [0.29, 0.717) is 17.5 Å². The first-order valence-electron chi connectivity index (χ1n) is 11.3. The number of phosphoric acid groups is 1. The van der Waals surface area contributed by atoms with Crippen LogP contribution in [0.25, 0.3) is 0 Å². The van der Waals surface area contributed by atoms with Crippen LogP contribution in [0.4, 0.5) is 0 Å². The number of hydrogen-bond donors (Lipinski definition) is 2. The molecule has 0 bridgehead atoms. The maximum atomic E-state index is 12.2. The molecule has 2 atom stereocenters. The van der Waals surface area contributed by atoms with Gasteiger partial charge in [-0.15, -0.1) is 0 Å². The van der Waals surface area contributed by atoms with Crippen LogP contribution < -0.4 is 4.74 Å². The molecule has 1 aromatic carbocycles. The SMILES string of the molecule is Cc1ccc(OCCCCCCCCOP(=O)(O)O[C@H](CC(=O)O)C[N+](C)(C)C)cc1C. The van der Waals surface area contributed by atoms with Gasteiger partial charge in [0.05, 0.1) is 40.8 Å². The highest BCUT2D eigenvalue weighted by Gasteiger charge is 2.31. The number of unbranched alkanes of at least 4 members (excludes halogenated alkanes) is 5. The summed E-state index contributed by atoms with van der Waals surface area (Å²) in [6.07, 6.45) is 4.41. The first-order chi connectivity index (χ1) is 14.9. The molecule has 0 radical (unpaired) electrons. The van der Waals surface area contributed by atoms with Crippen LogP contribution >= 0.6 is 7.82 Å². The lowest BCUT2D eigenvalue weighted by molar-refractivity contribution is -0.873. The first-order valence-corrected chi connectivity index (χ1v) is 12.8. The fourth-order valence-corrected chi connectivity index (χ4v) is 4.18. The molecule has 1 rings (SSSR count). The number of phosphoric ester groups is 1. The molecule has 0 aliphatic carbocycles. The zero-order chi connectivity index (χ0) is 24.2. The van der Waals surface area contributed by atoms with E-state index in [-0.39, 0.29) is 19.6 Å². The van der Waals surface area contributed by atoms with E-state index in [1.165, 1.54) is 11.1 Å². The van der Waals surface area contributed by atoms with E-state index in [1.807, 2.05) is 27.2 Å². The second-order valence-electron chi connectivity index (χ2n) is 9.32. The van der Waals surface area contributed by atoms with Crippen LogP contribution in [0.3, 0.4) is 0 Å². The topological polar surface area (TPSA) is 102 Å². The Kier molecular flexibility index (Phi) is 12.5. The predicted molar refractivity (Wildman–Crippen MR) is 125 cm³/mol. The standard InChI is InChI=1S/C23H40NO7P/c1-19-12-13-21(16-20(19)2)29-14-10-8-6-7-9-11-15-30-32(27,28)31-22(17-23(25)26)18-24(3,4)5/h12-13,16,22H,6-11,14-15,17-18H2,1-5H3,(H-,25,26,27,28)/p+1/t22-/m1/s1. The van der Waals surface area contributed by atoms with Crippen molar-refractivity contribution in [2.75, 3.05) is 40.9 Å². The number of quaternary nitrogens is 1. The molecule has 184 valence electrons. The summed E-state index contributed by atoms with van der Waals surface area (Å²) in [7, 11) is 1.29. The average Bonchev–Trinajstić information content (AvgIpc) is 2.63. The molecule has 1 aromatic rings. The summed E-state index contributed by atoms with van der Waals surface area (Å²) in [6.45, 7) is 5.25. The maximum absolute atomic E-state index is 12.2. The highest BCUT2D eigenvalue weighted by Crippen LogP contribution is 2.45. The maximum Gasteiger partial charge on any atom is 0.472 e. The summed E-state index contributed by atoms with van der Waals surface area (Å²) < 4.78 is 28.5. The van der Waals surface area contributed by atoms with E-state index in [0.717, 1.165) is 37.9 Å². The highest BCUT2D eigenvalue weighted by molar-refractivity contribution is 7.47. The monoisotopic (exact) mass is 474 g/mol. The number of aryl methyl sites for hydroxylation is 2. The minimum atomic E-state index is -4.29. The van der Waals surface area contributed by atoms with Gasteiger partial charge in [0.15, 0.2) is 0 Å². The number of benzene rings is 1. The molecule has 0 heterocycles. The summed E-state index contributed by atoms with van der Waals surface area (Å²) in [5, 5.41) is 9.00. The van der Waals surface area contributed by atoms with Crippen LogP contribution in [0.5, 0.6) is 5.75 Å². The van der Waals surface area contributed by atoms with Crippen molar-refractivity contribution in [2.45, 2.75) is 64.9 Å². The van der Waals surface area contributed by atoms with Gasteiger partial charge in [0.25, 0.3) is 0 Å². The Morgan fingerprint density at radius 3 is 2.16 bits per heavy atom. The quantitative estimate of drug-likeness (QED) is 0.192. The molecule has 0 saturated carbocycles. The smallest absolute Gasteiger partial charge is 0.472 e. The number of carboxylic acids is 1. The van der Waals surface area contributed by atoms with Crippen LogP contribution in [0.15, 0.2) is 18.2 Å². The third kappa shape index (κ3) is 13.9. The number of ether oxygens (including phenoxy) is 1. The van der Waals surface area contributed by atoms with Crippen LogP contribution in [0.2, 0.25) is 0 Å². The predicted octanol–water partition coefficient (Wildman–Crippen LogP) is 4.71. The van der Waals surface area contributed by atoms with Crippen molar-refractivity contribution in [3.63, 3.8) is 0 Å². The molecule has 0 aromatic heterocycles. The molecule has 2 N–H and O–H groups in total. The average molecular weight is 475 g/mol. The molecular weight excluding hydrogens is 433 g/mol. The van der Waals surface area contributed by atoms with Gasteiger partial charge in [0.2, 0.25) is 0 Å². The number of carboxylic acid groups (broad SMARTS) is 1. The molecular formula is C23H41NO7P+. The zero-order valence-electron chi connectivity index (χ0n) is 20.2. The summed E-state index contributed by atoms with van der Waals surface area (Å²) >= 11 is 0. The first kappa shape index (κ1) is 28.6. The van der Waals surface area contributed by atoms with E-state index in [4.69, 9.17) is 18.9 Å². The van der Waals surface area contributed by atoms with Crippen LogP contribution in [-0.2, 0) is 18.4 Å². The zero-order valence-corrected chi connectivity index (χ0v) is 21.1. The summed E-state index contributed by atoms with van der Waals surface area (Å²) in [6, 6.07) is 6.13. The highest BCUT2D eigenvalue weighted by atomic mass is 31.2. The Bertz CT molecular complexity index is 748. The Hall–Kier alpha value is -1.44. The van der Waals surface area contributed by atoms with Gasteiger partial charge < -0.3 is 19.2 Å². The van der Waals surface area contributed by atoms with E-state index in [2.05, 4.69) is 26.0 Å². The third-order valence-electron chi connectivity index (χ3n) is 4.98. The normalized spacial score (nSPS) is 14.7. The van der Waals surface area contributed by atoms with Crippen molar-refractivity contribution >= 4 is 13.8 Å². The number of carbonyl (C=O) groups is 1. The fourth-order valence-electron chi connectivity index (χ4n) is 3.24. The summed E-state index contributed by atoms with van der Waals surface area (Å²) in [4.78, 5) is 20.9. The number of nitrogens with zero attached hydrogens (tertiary/aromatic N) is 1. The molecule has 0 spiro atoms. The van der Waals surface area contributed by atoms with Gasteiger partial charge >= 0.3 is 13.8 Å². The Balaban J connectivity index is 2.14. The van der Waals surface area contributed by atoms with Gasteiger partial charge in [-0.3, -0.25) is 13.8 Å². The minimum Gasteiger partial charge on any atom is -0.494 e. The largest absolute Gasteiger partial charge is 0.494 e. The Morgan fingerprint density at radius 1 is 1.00 bits per heavy atom. The molecule has 0 aliphatic heterocycles. The molecule has 0 fully saturated rings. The van der Waals surface area contributed by atoms with Gasteiger partial charge in [0, 0.05) is 0 Å². The summed E-state index contributed by atoms with van der Waals surface area (Å²) in [5.74, 6) is -0.171. The number of aliphatic carboxylic acids is 1. The minimum absolute atomic E-state index is 0.105. The molecule has 1 unspecified atom stereocenters. The van der Waals surface area contributed by atoms with Crippen molar-refractivity contribution in [1.82, 2.24) is 0 Å². The molecule has 8 nitrogen and oxygen atoms in total. The van der Waals surface area contributed by atoms with Gasteiger partial charge in [-0.2, -0.15) is 0 Å². The Labute approximate surface area is 192 Å². The molecule has 9 heteroatoms. The van der Waals surface area contributed by atoms with Gasteiger partial charge in [-0.1, -0.05) is 31.7 Å². The fraction of sp³-hybridized carbons (Fsp3) is 0.696. The van der Waals surface area contributed by atoms with Crippen molar-refractivity contribution in [1.29, 1.82) is 0 Å². The molecule has 0 amide bonds. The van der Waals surface area contributed by atoms with Crippen molar-refractivity contribution in [3.05, 3.63) is 29.3 Å². The van der Waals surface area contributed by atoms with E-state index >= 15 is 0 Å². The van der Waals surface area contributed by atoms with E-state index in [9.17, 15) is 14.3 Å². The summed E-state index contributed by atoms with van der Waals surface area (Å²) in [5.41, 5.74) is 2.49. The van der Waals surface area contributed by atoms with Crippen LogP contribution in [-0.4, -0.2) is 67.5 Å². The lowest BCUT2D eigenvalue weighted by Crippen LogP contribution is -2.42. The van der Waals surface area contributed by atoms with Crippen LogP contribution in [0, 0.1) is 13.8 Å². The number of rotatable bonds is 17. The number of hydrogen-bond acceptors (Lipinski definition) is 5. The lowest BCUT2D eigenvalue weighted by atomic mass is 10.1. The van der Waals surface area contributed by atoms with Crippen molar-refractivity contribution < 1.29 is 37.6 Å². The third-order valence-corrected chi connectivity index (χ3v) is 6.05. The molecule has 0 aliphatic rings. The van der Waals surface area contributed by atoms with E-state index < -0.39 is 19.9 Å². The van der Waals surface area contributed by atoms with Crippen molar-refractivity contribution in [3.8, 4) is 5.75 Å². The lowest BCUT2D eigenvalue weighted by Gasteiger charge is -2.29. The van der Waals surface area contributed by atoms with Gasteiger partial charge in [0.1, 0.15) is 18.4 Å². The molecule has 32 heavy (non-hydrogen) atoms. The van der Waals surface area contributed by atoms with E-state index in [1.54, 1.807) is 0 Å². The van der Waals surface area contributed by atoms with Crippen molar-refractivity contribution in [2.24, 2.45) is 0 Å². The van der Waals surface area contributed by atoms with Crippen LogP contribution in [0.1, 0.15) is 56.1 Å². The molecule has 0 saturated heterocycles. The second kappa shape index (κ2) is 14.0.